The van der Waals surface area contributed by atoms with Crippen LogP contribution in [0.4, 0.5) is 0 Å². The molecule has 0 bridgehead atoms. The smallest absolute Gasteiger partial charge is 0.255 e. The molecule has 3 heterocycles. The highest BCUT2D eigenvalue weighted by Crippen LogP contribution is 2.25. The molecule has 0 spiro atoms. The fraction of sp³-hybridized carbons (Fsp3) is 0.333. The molecule has 1 fully saturated rings. The van der Waals surface area contributed by atoms with Crippen LogP contribution < -0.4 is 5.56 Å². The average Bonchev–Trinajstić information content (AvgIpc) is 2.56. The zero-order valence-electron chi connectivity index (χ0n) is 11.5. The molecule has 21 heavy (non-hydrogen) atoms. The lowest BCUT2D eigenvalue weighted by atomic mass is 9.94. The summed E-state index contributed by atoms with van der Waals surface area (Å²) < 4.78 is 0. The standard InChI is InChI=1S/C15H16N4O2/c20-14-4-3-11(8-18-14)15(21)19-7-1-2-12(10-19)13-9-16-5-6-17-13/h3-6,8-9,12H,1-2,7,10H2,(H,18,20)/t12-/m1/s1. The van der Waals surface area contributed by atoms with Gasteiger partial charge in [-0.2, -0.15) is 0 Å². The molecule has 0 aromatic carbocycles. The van der Waals surface area contributed by atoms with Gasteiger partial charge in [-0.15, -0.1) is 0 Å². The van der Waals surface area contributed by atoms with Gasteiger partial charge in [-0.25, -0.2) is 0 Å². The third-order valence-electron chi connectivity index (χ3n) is 3.74. The van der Waals surface area contributed by atoms with Crippen molar-refractivity contribution < 1.29 is 4.79 Å². The number of aromatic amines is 1. The number of likely N-dealkylation sites (tertiary alicyclic amines) is 1. The molecule has 3 rings (SSSR count). The number of nitrogens with zero attached hydrogens (tertiary/aromatic N) is 3. The molecular weight excluding hydrogens is 268 g/mol. The summed E-state index contributed by atoms with van der Waals surface area (Å²) in [6, 6.07) is 2.93. The van der Waals surface area contributed by atoms with Gasteiger partial charge in [0.2, 0.25) is 5.56 Å². The van der Waals surface area contributed by atoms with Gasteiger partial charge in [0.05, 0.1) is 11.3 Å². The summed E-state index contributed by atoms with van der Waals surface area (Å²) in [4.78, 5) is 36.3. The first-order valence-corrected chi connectivity index (χ1v) is 6.98. The first-order valence-electron chi connectivity index (χ1n) is 6.98. The second-order valence-electron chi connectivity index (χ2n) is 5.16. The summed E-state index contributed by atoms with van der Waals surface area (Å²) in [5, 5.41) is 0. The predicted molar refractivity (Wildman–Crippen MR) is 77.0 cm³/mol. The van der Waals surface area contributed by atoms with Crippen LogP contribution in [0.25, 0.3) is 0 Å². The summed E-state index contributed by atoms with van der Waals surface area (Å²) >= 11 is 0. The molecule has 6 nitrogen and oxygen atoms in total. The van der Waals surface area contributed by atoms with Crippen molar-refractivity contribution >= 4 is 5.91 Å². The number of nitrogens with one attached hydrogen (secondary N) is 1. The molecule has 1 aliphatic rings. The Morgan fingerprint density at radius 2 is 2.24 bits per heavy atom. The normalized spacial score (nSPS) is 18.5. The van der Waals surface area contributed by atoms with Gasteiger partial charge in [0.1, 0.15) is 0 Å². The third-order valence-corrected chi connectivity index (χ3v) is 3.74. The van der Waals surface area contributed by atoms with E-state index in [0.717, 1.165) is 25.1 Å². The van der Waals surface area contributed by atoms with Crippen LogP contribution in [0.1, 0.15) is 34.8 Å². The van der Waals surface area contributed by atoms with Gasteiger partial charge in [0.25, 0.3) is 5.91 Å². The van der Waals surface area contributed by atoms with E-state index in [1.54, 1.807) is 24.7 Å². The Morgan fingerprint density at radius 1 is 1.33 bits per heavy atom. The Morgan fingerprint density at radius 3 is 2.95 bits per heavy atom. The Bertz CT molecular complexity index is 663. The number of carbonyl (C=O) groups is 1. The lowest BCUT2D eigenvalue weighted by molar-refractivity contribution is 0.0705. The quantitative estimate of drug-likeness (QED) is 0.898. The molecule has 0 unspecified atom stereocenters. The van der Waals surface area contributed by atoms with E-state index in [0.29, 0.717) is 12.1 Å². The maximum Gasteiger partial charge on any atom is 0.255 e. The van der Waals surface area contributed by atoms with Crippen LogP contribution in [0, 0.1) is 0 Å². The highest BCUT2D eigenvalue weighted by molar-refractivity contribution is 5.93. The number of pyridine rings is 1. The molecule has 1 aliphatic heterocycles. The van der Waals surface area contributed by atoms with Crippen LogP contribution >= 0.6 is 0 Å². The van der Waals surface area contributed by atoms with E-state index in [4.69, 9.17) is 0 Å². The lowest BCUT2D eigenvalue weighted by Gasteiger charge is -2.32. The van der Waals surface area contributed by atoms with Crippen LogP contribution in [0.3, 0.4) is 0 Å². The van der Waals surface area contributed by atoms with Crippen molar-refractivity contribution in [3.05, 3.63) is 58.5 Å². The lowest BCUT2D eigenvalue weighted by Crippen LogP contribution is -2.39. The SMILES string of the molecule is O=C(c1ccc(=O)[nH]c1)N1CCC[C@@H](c2cnccn2)C1. The molecule has 0 aliphatic carbocycles. The molecule has 2 aromatic rings. The van der Waals surface area contributed by atoms with Crippen LogP contribution in [0.5, 0.6) is 0 Å². The third kappa shape index (κ3) is 2.99. The first kappa shape index (κ1) is 13.5. The van der Waals surface area contributed by atoms with Gasteiger partial charge in [-0.1, -0.05) is 0 Å². The molecule has 0 radical (unpaired) electrons. The Labute approximate surface area is 121 Å². The van der Waals surface area contributed by atoms with Crippen molar-refractivity contribution in [3.8, 4) is 0 Å². The summed E-state index contributed by atoms with van der Waals surface area (Å²) in [5.41, 5.74) is 1.23. The minimum Gasteiger partial charge on any atom is -0.338 e. The Balaban J connectivity index is 1.75. The minimum absolute atomic E-state index is 0.0557. The van der Waals surface area contributed by atoms with Gasteiger partial charge in [0.15, 0.2) is 0 Å². The molecule has 6 heteroatoms. The topological polar surface area (TPSA) is 79.0 Å². The summed E-state index contributed by atoms with van der Waals surface area (Å²) in [5.74, 6) is 0.166. The molecule has 1 N–H and O–H groups in total. The minimum atomic E-state index is -0.206. The van der Waals surface area contributed by atoms with Crippen LogP contribution in [0.2, 0.25) is 0 Å². The predicted octanol–water partition coefficient (Wildman–Crippen LogP) is 1.18. The number of hydrogen-bond acceptors (Lipinski definition) is 4. The van der Waals surface area contributed by atoms with E-state index in [-0.39, 0.29) is 17.4 Å². The van der Waals surface area contributed by atoms with Crippen LogP contribution in [-0.4, -0.2) is 38.8 Å². The maximum atomic E-state index is 12.5. The highest BCUT2D eigenvalue weighted by Gasteiger charge is 2.26. The fourth-order valence-corrected chi connectivity index (χ4v) is 2.65. The van der Waals surface area contributed by atoms with Crippen LogP contribution in [0.15, 0.2) is 41.7 Å². The Hall–Kier alpha value is -2.50. The number of aromatic nitrogens is 3. The number of piperidine rings is 1. The maximum absolute atomic E-state index is 12.5. The van der Waals surface area contributed by atoms with Gasteiger partial charge in [0, 0.05) is 49.9 Å². The molecule has 1 saturated heterocycles. The van der Waals surface area contributed by atoms with Crippen LogP contribution in [-0.2, 0) is 0 Å². The van der Waals surface area contributed by atoms with E-state index < -0.39 is 0 Å². The van der Waals surface area contributed by atoms with E-state index in [1.165, 1.54) is 12.3 Å². The Kier molecular flexibility index (Phi) is 3.77. The largest absolute Gasteiger partial charge is 0.338 e. The first-order chi connectivity index (χ1) is 10.2. The van der Waals surface area contributed by atoms with Gasteiger partial charge >= 0.3 is 0 Å². The van der Waals surface area contributed by atoms with Crippen molar-refractivity contribution in [3.63, 3.8) is 0 Å². The zero-order chi connectivity index (χ0) is 14.7. The average molecular weight is 284 g/mol. The number of H-pyrrole nitrogens is 1. The number of amides is 1. The summed E-state index contributed by atoms with van der Waals surface area (Å²) in [6.07, 6.45) is 8.51. The monoisotopic (exact) mass is 284 g/mol. The highest BCUT2D eigenvalue weighted by atomic mass is 16.2. The van der Waals surface area contributed by atoms with E-state index in [2.05, 4.69) is 15.0 Å². The molecule has 1 amide bonds. The number of carbonyl (C=O) groups excluding carboxylic acids is 1. The number of rotatable bonds is 2. The zero-order valence-corrected chi connectivity index (χ0v) is 11.5. The van der Waals surface area contributed by atoms with Crippen molar-refractivity contribution in [2.24, 2.45) is 0 Å². The van der Waals surface area contributed by atoms with Gasteiger partial charge in [-0.05, 0) is 18.9 Å². The molecular formula is C15H16N4O2. The van der Waals surface area contributed by atoms with Crippen molar-refractivity contribution in [1.29, 1.82) is 0 Å². The second kappa shape index (κ2) is 5.87. The second-order valence-corrected chi connectivity index (χ2v) is 5.16. The molecule has 108 valence electrons. The fourth-order valence-electron chi connectivity index (χ4n) is 2.65. The van der Waals surface area contributed by atoms with Crippen molar-refractivity contribution in [2.45, 2.75) is 18.8 Å². The number of hydrogen-bond donors (Lipinski definition) is 1. The summed E-state index contributed by atoms with van der Waals surface area (Å²) in [6.45, 7) is 1.37. The van der Waals surface area contributed by atoms with Crippen molar-refractivity contribution in [2.75, 3.05) is 13.1 Å². The molecule has 2 aromatic heterocycles. The molecule has 0 saturated carbocycles. The molecule has 1 atom stereocenters. The van der Waals surface area contributed by atoms with Gasteiger partial charge < -0.3 is 9.88 Å². The van der Waals surface area contributed by atoms with E-state index in [9.17, 15) is 9.59 Å². The van der Waals surface area contributed by atoms with E-state index >= 15 is 0 Å². The van der Waals surface area contributed by atoms with Gasteiger partial charge in [-0.3, -0.25) is 19.6 Å². The summed E-state index contributed by atoms with van der Waals surface area (Å²) in [7, 11) is 0. The van der Waals surface area contributed by atoms with E-state index in [1.807, 2.05) is 4.90 Å². The van der Waals surface area contributed by atoms with Crippen molar-refractivity contribution in [1.82, 2.24) is 19.9 Å².